The Kier molecular flexibility index (Phi) is 5.31. The second-order valence-electron chi connectivity index (χ2n) is 7.21. The van der Waals surface area contributed by atoms with Crippen molar-refractivity contribution in [3.05, 3.63) is 48.0 Å². The summed E-state index contributed by atoms with van der Waals surface area (Å²) in [4.78, 5) is 27.7. The largest absolute Gasteiger partial charge is 0.341 e. The van der Waals surface area contributed by atoms with E-state index in [0.717, 1.165) is 24.4 Å². The van der Waals surface area contributed by atoms with Crippen molar-refractivity contribution in [1.29, 1.82) is 0 Å². The molecule has 0 N–H and O–H groups in total. The minimum Gasteiger partial charge on any atom is -0.341 e. The van der Waals surface area contributed by atoms with E-state index < -0.39 is 0 Å². The van der Waals surface area contributed by atoms with Gasteiger partial charge in [0.15, 0.2) is 0 Å². The molecule has 28 heavy (non-hydrogen) atoms. The first-order valence-electron chi connectivity index (χ1n) is 9.74. The maximum absolute atomic E-state index is 12.5. The van der Waals surface area contributed by atoms with Crippen LogP contribution >= 0.6 is 11.8 Å². The van der Waals surface area contributed by atoms with Gasteiger partial charge in [-0.2, -0.15) is 0 Å². The lowest BCUT2D eigenvalue weighted by atomic mass is 10.1. The van der Waals surface area contributed by atoms with Crippen LogP contribution in [0, 0.1) is 0 Å². The Labute approximate surface area is 169 Å². The van der Waals surface area contributed by atoms with E-state index in [9.17, 15) is 9.59 Å². The first-order valence-corrected chi connectivity index (χ1v) is 10.7. The van der Waals surface area contributed by atoms with Crippen LogP contribution in [0.4, 0.5) is 4.79 Å². The molecule has 0 atom stereocenters. The van der Waals surface area contributed by atoms with E-state index in [4.69, 9.17) is 0 Å². The van der Waals surface area contributed by atoms with Gasteiger partial charge in [-0.25, -0.2) is 0 Å². The van der Waals surface area contributed by atoms with Crippen molar-refractivity contribution in [2.75, 3.05) is 25.9 Å². The zero-order valence-electron chi connectivity index (χ0n) is 16.4. The summed E-state index contributed by atoms with van der Waals surface area (Å²) in [6, 6.07) is 14.9. The lowest BCUT2D eigenvalue weighted by Gasteiger charge is -2.20. The van der Waals surface area contributed by atoms with Gasteiger partial charge < -0.3 is 14.4 Å². The minimum atomic E-state index is 0.0702. The number of aromatic nitrogens is 1. The predicted molar refractivity (Wildman–Crippen MR) is 116 cm³/mol. The fourth-order valence-electron chi connectivity index (χ4n) is 3.95. The molecule has 1 fully saturated rings. The molecule has 0 aliphatic carbocycles. The first-order chi connectivity index (χ1) is 13.6. The van der Waals surface area contributed by atoms with Crippen LogP contribution in [0.2, 0.25) is 0 Å². The van der Waals surface area contributed by atoms with Crippen LogP contribution in [0.1, 0.15) is 18.9 Å². The maximum atomic E-state index is 12.5. The fraction of sp³-hybridized carbons (Fsp3) is 0.364. The molecule has 1 saturated heterocycles. The van der Waals surface area contributed by atoms with Gasteiger partial charge in [-0.15, -0.1) is 0 Å². The number of hydrogen-bond acceptors (Lipinski definition) is 3. The number of rotatable bonds is 6. The van der Waals surface area contributed by atoms with Crippen LogP contribution in [-0.4, -0.2) is 51.4 Å². The van der Waals surface area contributed by atoms with Crippen molar-refractivity contribution in [2.45, 2.75) is 26.4 Å². The molecule has 1 aliphatic rings. The number of para-hydroxylation sites is 1. The minimum absolute atomic E-state index is 0.0702. The van der Waals surface area contributed by atoms with Crippen molar-refractivity contribution in [3.8, 4) is 0 Å². The van der Waals surface area contributed by atoms with Gasteiger partial charge in [0.05, 0.1) is 0 Å². The van der Waals surface area contributed by atoms with Gasteiger partial charge in [0.1, 0.15) is 0 Å². The second-order valence-corrected chi connectivity index (χ2v) is 8.26. The van der Waals surface area contributed by atoms with E-state index in [2.05, 4.69) is 54.0 Å². The normalized spacial score (nSPS) is 14.4. The highest BCUT2D eigenvalue weighted by atomic mass is 32.2. The van der Waals surface area contributed by atoms with Crippen molar-refractivity contribution < 1.29 is 9.59 Å². The van der Waals surface area contributed by atoms with E-state index in [1.54, 1.807) is 9.80 Å². The van der Waals surface area contributed by atoms with Crippen molar-refractivity contribution >= 4 is 44.7 Å². The average molecular weight is 396 g/mol. The van der Waals surface area contributed by atoms with Gasteiger partial charge in [0.2, 0.25) is 5.91 Å². The molecule has 1 aromatic heterocycles. The SMILES string of the molecule is CCn1c2ccccc2c2cc(CN(C)C(=O)CCN3CCSC3=O)ccc21. The lowest BCUT2D eigenvalue weighted by molar-refractivity contribution is -0.130. The Hall–Kier alpha value is -2.47. The molecular formula is C22H25N3O2S. The zero-order valence-corrected chi connectivity index (χ0v) is 17.2. The summed E-state index contributed by atoms with van der Waals surface area (Å²) in [5, 5.41) is 2.57. The van der Waals surface area contributed by atoms with Gasteiger partial charge in [-0.05, 0) is 30.7 Å². The fourth-order valence-corrected chi connectivity index (χ4v) is 4.80. The number of aryl methyl sites for hydroxylation is 1. The Morgan fingerprint density at radius 3 is 2.68 bits per heavy atom. The number of amides is 2. The Balaban J connectivity index is 1.50. The zero-order chi connectivity index (χ0) is 19.7. The summed E-state index contributed by atoms with van der Waals surface area (Å²) < 4.78 is 2.33. The predicted octanol–water partition coefficient (Wildman–Crippen LogP) is 4.33. The van der Waals surface area contributed by atoms with Crippen molar-refractivity contribution in [3.63, 3.8) is 0 Å². The van der Waals surface area contributed by atoms with Gasteiger partial charge in [-0.1, -0.05) is 36.0 Å². The molecule has 3 aromatic rings. The maximum Gasteiger partial charge on any atom is 0.281 e. The second kappa shape index (κ2) is 7.87. The van der Waals surface area contributed by atoms with Crippen LogP contribution in [-0.2, 0) is 17.9 Å². The molecule has 0 bridgehead atoms. The van der Waals surface area contributed by atoms with Crippen molar-refractivity contribution in [1.82, 2.24) is 14.4 Å². The summed E-state index contributed by atoms with van der Waals surface area (Å²) in [5.41, 5.74) is 3.59. The topological polar surface area (TPSA) is 45.6 Å². The summed E-state index contributed by atoms with van der Waals surface area (Å²) >= 11 is 1.33. The molecule has 2 heterocycles. The summed E-state index contributed by atoms with van der Waals surface area (Å²) in [6.07, 6.45) is 0.375. The van der Waals surface area contributed by atoms with Crippen LogP contribution in [0.15, 0.2) is 42.5 Å². The quantitative estimate of drug-likeness (QED) is 0.624. The number of hydrogen-bond donors (Lipinski definition) is 0. The standard InChI is InChI=1S/C22H25N3O2S/c1-3-25-19-7-5-4-6-17(19)18-14-16(8-9-20(18)25)15-23(2)21(26)10-11-24-12-13-28-22(24)27/h4-9,14H,3,10-13,15H2,1-2H3. The van der Waals surface area contributed by atoms with Gasteiger partial charge in [0, 0.05) is 67.2 Å². The summed E-state index contributed by atoms with van der Waals surface area (Å²) in [6.45, 7) is 4.92. The van der Waals surface area contributed by atoms with Crippen LogP contribution in [0.3, 0.4) is 0 Å². The van der Waals surface area contributed by atoms with E-state index in [0.29, 0.717) is 19.5 Å². The van der Waals surface area contributed by atoms with Gasteiger partial charge >= 0.3 is 0 Å². The Morgan fingerprint density at radius 1 is 1.14 bits per heavy atom. The number of benzene rings is 2. The summed E-state index contributed by atoms with van der Waals surface area (Å²) in [5.74, 6) is 0.898. The van der Waals surface area contributed by atoms with E-state index >= 15 is 0 Å². The smallest absolute Gasteiger partial charge is 0.281 e. The van der Waals surface area contributed by atoms with E-state index in [-0.39, 0.29) is 11.1 Å². The highest BCUT2D eigenvalue weighted by Gasteiger charge is 2.22. The molecule has 146 valence electrons. The van der Waals surface area contributed by atoms with Crippen LogP contribution in [0.5, 0.6) is 0 Å². The van der Waals surface area contributed by atoms with Gasteiger partial charge in [0.25, 0.3) is 5.24 Å². The molecule has 2 amide bonds. The average Bonchev–Trinajstić information content (AvgIpc) is 3.26. The monoisotopic (exact) mass is 395 g/mol. The third-order valence-electron chi connectivity index (χ3n) is 5.44. The highest BCUT2D eigenvalue weighted by Crippen LogP contribution is 2.30. The number of carbonyl (C=O) groups is 2. The molecule has 0 spiro atoms. The molecule has 6 heteroatoms. The molecule has 5 nitrogen and oxygen atoms in total. The van der Waals surface area contributed by atoms with Crippen LogP contribution < -0.4 is 0 Å². The molecule has 0 unspecified atom stereocenters. The Bertz CT molecular complexity index is 1040. The highest BCUT2D eigenvalue weighted by molar-refractivity contribution is 8.13. The summed E-state index contributed by atoms with van der Waals surface area (Å²) in [7, 11) is 1.84. The van der Waals surface area contributed by atoms with E-state index in [1.165, 1.54) is 33.6 Å². The van der Waals surface area contributed by atoms with Gasteiger partial charge in [-0.3, -0.25) is 9.59 Å². The lowest BCUT2D eigenvalue weighted by Crippen LogP contribution is -2.32. The molecule has 0 saturated carbocycles. The Morgan fingerprint density at radius 2 is 1.93 bits per heavy atom. The number of nitrogens with zero attached hydrogens (tertiary/aromatic N) is 3. The number of carbonyl (C=O) groups excluding carboxylic acids is 2. The third-order valence-corrected chi connectivity index (χ3v) is 6.33. The van der Waals surface area contributed by atoms with E-state index in [1.807, 2.05) is 7.05 Å². The molecular weight excluding hydrogens is 370 g/mol. The molecule has 2 aromatic carbocycles. The number of thioether (sulfide) groups is 1. The van der Waals surface area contributed by atoms with Crippen molar-refractivity contribution in [2.24, 2.45) is 0 Å². The number of fused-ring (bicyclic) bond motifs is 3. The molecule has 0 radical (unpaired) electrons. The third kappa shape index (κ3) is 3.49. The first kappa shape index (κ1) is 18.9. The molecule has 1 aliphatic heterocycles. The van der Waals surface area contributed by atoms with Crippen LogP contribution in [0.25, 0.3) is 21.8 Å². The molecule has 4 rings (SSSR count).